The summed E-state index contributed by atoms with van der Waals surface area (Å²) in [7, 11) is 1.85. The average molecular weight is 281 g/mol. The summed E-state index contributed by atoms with van der Waals surface area (Å²) in [5, 5.41) is 3.25. The summed E-state index contributed by atoms with van der Waals surface area (Å²) < 4.78 is 0.663. The van der Waals surface area contributed by atoms with E-state index in [1.54, 1.807) is 12.1 Å². The van der Waals surface area contributed by atoms with Crippen molar-refractivity contribution in [2.75, 3.05) is 20.1 Å². The van der Waals surface area contributed by atoms with Gasteiger partial charge in [0.25, 0.3) is 5.91 Å². The largest absolute Gasteiger partial charge is 0.337 e. The molecule has 2 heterocycles. The van der Waals surface area contributed by atoms with E-state index in [1.807, 2.05) is 11.9 Å². The van der Waals surface area contributed by atoms with Gasteiger partial charge in [0.2, 0.25) is 0 Å². The number of amides is 1. The standard InChI is InChI=1S/C10H13ClN2OS.ClH/c1-13(7-4-5-12-6-7)10(14)8-2-3-9(11)15-8;/h2-3,7,12H,4-6H2,1H3;1H. The number of likely N-dealkylation sites (N-methyl/N-ethyl adjacent to an activating group) is 1. The lowest BCUT2D eigenvalue weighted by Crippen LogP contribution is -2.37. The molecule has 0 aromatic carbocycles. The van der Waals surface area contributed by atoms with Gasteiger partial charge in [0.15, 0.2) is 0 Å². The van der Waals surface area contributed by atoms with E-state index in [0.29, 0.717) is 10.4 Å². The lowest BCUT2D eigenvalue weighted by Gasteiger charge is -2.22. The topological polar surface area (TPSA) is 32.3 Å². The van der Waals surface area contributed by atoms with E-state index < -0.39 is 0 Å². The predicted octanol–water partition coefficient (Wildman–Crippen LogP) is 2.26. The van der Waals surface area contributed by atoms with Gasteiger partial charge in [-0.25, -0.2) is 0 Å². The van der Waals surface area contributed by atoms with Crippen molar-refractivity contribution in [3.63, 3.8) is 0 Å². The fourth-order valence-corrected chi connectivity index (χ4v) is 2.76. The van der Waals surface area contributed by atoms with Crippen LogP contribution >= 0.6 is 35.3 Å². The molecule has 0 aliphatic carbocycles. The Labute approximate surface area is 110 Å². The van der Waals surface area contributed by atoms with Gasteiger partial charge in [0.05, 0.1) is 9.21 Å². The van der Waals surface area contributed by atoms with Crippen molar-refractivity contribution >= 4 is 41.3 Å². The maximum absolute atomic E-state index is 12.0. The summed E-state index contributed by atoms with van der Waals surface area (Å²) in [6.07, 6.45) is 1.03. The minimum atomic E-state index is 0. The second-order valence-corrected chi connectivity index (χ2v) is 5.38. The minimum Gasteiger partial charge on any atom is -0.337 e. The highest BCUT2D eigenvalue weighted by atomic mass is 35.5. The van der Waals surface area contributed by atoms with Crippen LogP contribution in [0.4, 0.5) is 0 Å². The zero-order valence-electron chi connectivity index (χ0n) is 8.90. The van der Waals surface area contributed by atoms with E-state index in [0.717, 1.165) is 24.4 Å². The highest BCUT2D eigenvalue weighted by molar-refractivity contribution is 7.17. The number of hydrogen-bond donors (Lipinski definition) is 1. The molecule has 1 saturated heterocycles. The third kappa shape index (κ3) is 2.88. The summed E-state index contributed by atoms with van der Waals surface area (Å²) in [5.41, 5.74) is 0. The van der Waals surface area contributed by atoms with Gasteiger partial charge in [0.1, 0.15) is 0 Å². The summed E-state index contributed by atoms with van der Waals surface area (Å²) in [4.78, 5) is 14.5. The molecule has 0 radical (unpaired) electrons. The highest BCUT2D eigenvalue weighted by Gasteiger charge is 2.24. The lowest BCUT2D eigenvalue weighted by molar-refractivity contribution is 0.0748. The van der Waals surface area contributed by atoms with Gasteiger partial charge in [0, 0.05) is 19.6 Å². The number of rotatable bonds is 2. The van der Waals surface area contributed by atoms with Crippen molar-refractivity contribution in [1.29, 1.82) is 0 Å². The van der Waals surface area contributed by atoms with Crippen LogP contribution in [-0.4, -0.2) is 37.0 Å². The Balaban J connectivity index is 0.00000128. The molecule has 1 aromatic rings. The van der Waals surface area contributed by atoms with Crippen LogP contribution < -0.4 is 5.32 Å². The Hall–Kier alpha value is -0.290. The third-order valence-corrected chi connectivity index (χ3v) is 3.91. The van der Waals surface area contributed by atoms with Crippen molar-refractivity contribution in [3.05, 3.63) is 21.3 Å². The second-order valence-electron chi connectivity index (χ2n) is 3.67. The zero-order valence-corrected chi connectivity index (χ0v) is 11.3. The first kappa shape index (κ1) is 13.8. The molecule has 0 saturated carbocycles. The van der Waals surface area contributed by atoms with Crippen LogP contribution in [0.15, 0.2) is 12.1 Å². The molecule has 1 N–H and O–H groups in total. The van der Waals surface area contributed by atoms with Crippen molar-refractivity contribution in [1.82, 2.24) is 10.2 Å². The summed E-state index contributed by atoms with van der Waals surface area (Å²) in [6, 6.07) is 3.87. The highest BCUT2D eigenvalue weighted by Crippen LogP contribution is 2.23. The van der Waals surface area contributed by atoms with Gasteiger partial charge in [-0.2, -0.15) is 0 Å². The van der Waals surface area contributed by atoms with Crippen LogP contribution in [0.5, 0.6) is 0 Å². The monoisotopic (exact) mass is 280 g/mol. The molecule has 1 atom stereocenters. The SMILES string of the molecule is CN(C(=O)c1ccc(Cl)s1)C1CCNC1.Cl. The Morgan fingerprint density at radius 3 is 2.88 bits per heavy atom. The Morgan fingerprint density at radius 1 is 1.62 bits per heavy atom. The molecule has 1 aromatic heterocycles. The molecule has 1 fully saturated rings. The molecule has 3 nitrogen and oxygen atoms in total. The van der Waals surface area contributed by atoms with E-state index in [-0.39, 0.29) is 18.3 Å². The third-order valence-electron chi connectivity index (χ3n) is 2.69. The number of hydrogen-bond acceptors (Lipinski definition) is 3. The quantitative estimate of drug-likeness (QED) is 0.901. The Morgan fingerprint density at radius 2 is 2.38 bits per heavy atom. The van der Waals surface area contributed by atoms with Crippen LogP contribution in [0.2, 0.25) is 4.34 Å². The van der Waals surface area contributed by atoms with Crippen LogP contribution in [0.3, 0.4) is 0 Å². The van der Waals surface area contributed by atoms with Gasteiger partial charge in [-0.05, 0) is 25.1 Å². The van der Waals surface area contributed by atoms with Gasteiger partial charge in [-0.1, -0.05) is 11.6 Å². The van der Waals surface area contributed by atoms with E-state index in [2.05, 4.69) is 5.32 Å². The fourth-order valence-electron chi connectivity index (χ4n) is 1.74. The van der Waals surface area contributed by atoms with Crippen LogP contribution in [0, 0.1) is 0 Å². The molecule has 0 bridgehead atoms. The Kier molecular flexibility index (Phi) is 5.05. The fraction of sp³-hybridized carbons (Fsp3) is 0.500. The molecule has 1 aliphatic rings. The van der Waals surface area contributed by atoms with E-state index in [1.165, 1.54) is 11.3 Å². The minimum absolute atomic E-state index is 0. The number of carbonyl (C=O) groups is 1. The normalized spacial score (nSPS) is 19.2. The smallest absolute Gasteiger partial charge is 0.264 e. The first-order chi connectivity index (χ1) is 7.18. The summed E-state index contributed by atoms with van der Waals surface area (Å²) in [6.45, 7) is 1.88. The predicted molar refractivity (Wildman–Crippen MR) is 69.9 cm³/mol. The van der Waals surface area contributed by atoms with Crippen molar-refractivity contribution in [2.45, 2.75) is 12.5 Å². The van der Waals surface area contributed by atoms with Crippen molar-refractivity contribution in [3.8, 4) is 0 Å². The maximum atomic E-state index is 12.0. The van der Waals surface area contributed by atoms with Gasteiger partial charge in [-0.15, -0.1) is 23.7 Å². The first-order valence-electron chi connectivity index (χ1n) is 4.91. The average Bonchev–Trinajstić information content (AvgIpc) is 2.85. The van der Waals surface area contributed by atoms with Gasteiger partial charge in [-0.3, -0.25) is 4.79 Å². The lowest BCUT2D eigenvalue weighted by atomic mass is 10.2. The summed E-state index contributed by atoms with van der Waals surface area (Å²) >= 11 is 7.14. The van der Waals surface area contributed by atoms with Crippen LogP contribution in [0.25, 0.3) is 0 Å². The van der Waals surface area contributed by atoms with Gasteiger partial charge >= 0.3 is 0 Å². The number of carbonyl (C=O) groups excluding carboxylic acids is 1. The molecule has 16 heavy (non-hydrogen) atoms. The molecule has 1 unspecified atom stereocenters. The Bertz CT molecular complexity index is 363. The van der Waals surface area contributed by atoms with Crippen molar-refractivity contribution in [2.24, 2.45) is 0 Å². The molecule has 2 rings (SSSR count). The van der Waals surface area contributed by atoms with E-state index >= 15 is 0 Å². The number of thiophene rings is 1. The molecule has 1 aliphatic heterocycles. The number of nitrogens with zero attached hydrogens (tertiary/aromatic N) is 1. The number of nitrogens with one attached hydrogen (secondary N) is 1. The van der Waals surface area contributed by atoms with Crippen molar-refractivity contribution < 1.29 is 4.79 Å². The zero-order chi connectivity index (χ0) is 10.8. The molecule has 90 valence electrons. The molecule has 6 heteroatoms. The maximum Gasteiger partial charge on any atom is 0.264 e. The number of halogens is 2. The second kappa shape index (κ2) is 5.87. The van der Waals surface area contributed by atoms with E-state index in [9.17, 15) is 4.79 Å². The molecular formula is C10H14Cl2N2OS. The summed E-state index contributed by atoms with van der Waals surface area (Å²) in [5.74, 6) is 0.0700. The van der Waals surface area contributed by atoms with E-state index in [4.69, 9.17) is 11.6 Å². The van der Waals surface area contributed by atoms with Crippen LogP contribution in [0.1, 0.15) is 16.1 Å². The molecule has 1 amide bonds. The molecule has 0 spiro atoms. The molecular weight excluding hydrogens is 267 g/mol. The van der Waals surface area contributed by atoms with Gasteiger partial charge < -0.3 is 10.2 Å². The van der Waals surface area contributed by atoms with Crippen LogP contribution in [-0.2, 0) is 0 Å². The first-order valence-corrected chi connectivity index (χ1v) is 6.11.